The van der Waals surface area contributed by atoms with E-state index in [0.29, 0.717) is 11.3 Å². The molecule has 3 N–H and O–H groups in total. The number of esters is 1. The number of fused-ring (bicyclic) bond motifs is 1. The number of hydrogen-bond acceptors (Lipinski definition) is 7. The minimum atomic E-state index is -3.56. The molecule has 1 aliphatic carbocycles. The molecule has 9 heteroatoms. The molecule has 0 amide bonds. The lowest BCUT2D eigenvalue weighted by Gasteiger charge is -2.08. The van der Waals surface area contributed by atoms with Crippen molar-refractivity contribution < 1.29 is 17.9 Å². The summed E-state index contributed by atoms with van der Waals surface area (Å²) in [5.41, 5.74) is 6.82. The number of benzene rings is 2. The zero-order valence-electron chi connectivity index (χ0n) is 14.8. The first-order chi connectivity index (χ1) is 13.4. The van der Waals surface area contributed by atoms with Crippen molar-refractivity contribution in [2.75, 3.05) is 5.73 Å². The average molecular weight is 398 g/mol. The number of nitrogens with two attached hydrogens (primary N) is 1. The quantitative estimate of drug-likeness (QED) is 0.609. The molecule has 1 aliphatic rings. The third-order valence-corrected chi connectivity index (χ3v) is 5.85. The van der Waals surface area contributed by atoms with Crippen molar-refractivity contribution in [3.8, 4) is 0 Å². The summed E-state index contributed by atoms with van der Waals surface area (Å²) in [5, 5.41) is 0.731. The number of anilines is 1. The third-order valence-electron chi connectivity index (χ3n) is 4.31. The zero-order valence-corrected chi connectivity index (χ0v) is 15.6. The summed E-state index contributed by atoms with van der Waals surface area (Å²) in [6.45, 7) is -0.142. The molecular weight excluding hydrogens is 380 g/mol. The van der Waals surface area contributed by atoms with Crippen molar-refractivity contribution in [2.24, 2.45) is 0 Å². The SMILES string of the molecule is Nc1nc(COC(=O)c2ccc(S(=O)(=O)NC3CC3)cc2)nc2ccccc12. The van der Waals surface area contributed by atoms with Gasteiger partial charge in [-0.25, -0.2) is 27.9 Å². The van der Waals surface area contributed by atoms with E-state index >= 15 is 0 Å². The van der Waals surface area contributed by atoms with Crippen molar-refractivity contribution in [1.82, 2.24) is 14.7 Å². The molecule has 28 heavy (non-hydrogen) atoms. The van der Waals surface area contributed by atoms with E-state index in [1.54, 1.807) is 6.07 Å². The van der Waals surface area contributed by atoms with Crippen LogP contribution in [-0.2, 0) is 21.4 Å². The van der Waals surface area contributed by atoms with Crippen LogP contribution in [0.2, 0.25) is 0 Å². The summed E-state index contributed by atoms with van der Waals surface area (Å²) >= 11 is 0. The predicted molar refractivity (Wildman–Crippen MR) is 103 cm³/mol. The van der Waals surface area contributed by atoms with Crippen LogP contribution in [0.15, 0.2) is 53.4 Å². The van der Waals surface area contributed by atoms with Gasteiger partial charge in [-0.1, -0.05) is 12.1 Å². The van der Waals surface area contributed by atoms with E-state index in [0.717, 1.165) is 18.2 Å². The number of nitrogens with one attached hydrogen (secondary N) is 1. The fourth-order valence-corrected chi connectivity index (χ4v) is 3.99. The molecule has 1 heterocycles. The molecule has 1 fully saturated rings. The van der Waals surface area contributed by atoms with Crippen LogP contribution in [0.1, 0.15) is 29.0 Å². The topological polar surface area (TPSA) is 124 Å². The third kappa shape index (κ3) is 3.95. The van der Waals surface area contributed by atoms with E-state index in [2.05, 4.69) is 14.7 Å². The maximum absolute atomic E-state index is 12.2. The van der Waals surface area contributed by atoms with Gasteiger partial charge in [-0.2, -0.15) is 0 Å². The number of rotatable bonds is 6. The maximum atomic E-state index is 12.2. The highest BCUT2D eigenvalue weighted by Gasteiger charge is 2.28. The second-order valence-corrected chi connectivity index (χ2v) is 8.25. The van der Waals surface area contributed by atoms with Crippen LogP contribution >= 0.6 is 0 Å². The number of nitrogens with zero attached hydrogens (tertiary/aromatic N) is 2. The van der Waals surface area contributed by atoms with Gasteiger partial charge in [0.2, 0.25) is 10.0 Å². The fraction of sp³-hybridized carbons (Fsp3) is 0.211. The number of carbonyl (C=O) groups excluding carboxylic acids is 1. The van der Waals surface area contributed by atoms with Crippen LogP contribution in [-0.4, -0.2) is 30.4 Å². The summed E-state index contributed by atoms with van der Waals surface area (Å²) < 4.78 is 32.1. The normalized spacial score (nSPS) is 14.1. The molecular formula is C19H18N4O4S. The first-order valence-electron chi connectivity index (χ1n) is 8.73. The molecule has 8 nitrogen and oxygen atoms in total. The van der Waals surface area contributed by atoms with Crippen LogP contribution < -0.4 is 10.5 Å². The molecule has 1 saturated carbocycles. The highest BCUT2D eigenvalue weighted by molar-refractivity contribution is 7.89. The van der Waals surface area contributed by atoms with Crippen LogP contribution in [0.4, 0.5) is 5.82 Å². The van der Waals surface area contributed by atoms with Crippen molar-refractivity contribution in [1.29, 1.82) is 0 Å². The van der Waals surface area contributed by atoms with E-state index < -0.39 is 16.0 Å². The Hall–Kier alpha value is -3.04. The standard InChI is InChI=1S/C19H18N4O4S/c20-18-15-3-1-2-4-16(15)21-17(22-18)11-27-19(24)12-5-9-14(10-6-12)28(25,26)23-13-7-8-13/h1-6,9-10,13,23H,7-8,11H2,(H2,20,21,22). The van der Waals surface area contributed by atoms with Gasteiger partial charge < -0.3 is 10.5 Å². The second kappa shape index (κ2) is 7.17. The smallest absolute Gasteiger partial charge is 0.338 e. The lowest BCUT2D eigenvalue weighted by molar-refractivity contribution is 0.0462. The minimum absolute atomic E-state index is 0.0176. The van der Waals surface area contributed by atoms with Gasteiger partial charge in [-0.05, 0) is 49.2 Å². The fourth-order valence-electron chi connectivity index (χ4n) is 2.69. The van der Waals surface area contributed by atoms with Gasteiger partial charge in [-0.3, -0.25) is 0 Å². The Labute approximate surface area is 161 Å². The van der Waals surface area contributed by atoms with Crippen molar-refractivity contribution in [2.45, 2.75) is 30.4 Å². The average Bonchev–Trinajstić information content (AvgIpc) is 3.49. The van der Waals surface area contributed by atoms with E-state index in [1.165, 1.54) is 24.3 Å². The predicted octanol–water partition coefficient (Wildman–Crippen LogP) is 2.01. The Kier molecular flexibility index (Phi) is 4.70. The van der Waals surface area contributed by atoms with Crippen LogP contribution in [0.25, 0.3) is 10.9 Å². The van der Waals surface area contributed by atoms with Gasteiger partial charge in [0.15, 0.2) is 12.4 Å². The molecule has 0 atom stereocenters. The summed E-state index contributed by atoms with van der Waals surface area (Å²) in [4.78, 5) is 20.8. The number of hydrogen-bond donors (Lipinski definition) is 2. The van der Waals surface area contributed by atoms with Gasteiger partial charge in [0.1, 0.15) is 5.82 Å². The molecule has 0 saturated heterocycles. The highest BCUT2D eigenvalue weighted by Crippen LogP contribution is 2.22. The van der Waals surface area contributed by atoms with Crippen LogP contribution in [0.5, 0.6) is 0 Å². The molecule has 3 aromatic rings. The summed E-state index contributed by atoms with van der Waals surface area (Å²) in [6.07, 6.45) is 1.70. The molecule has 2 aromatic carbocycles. The van der Waals surface area contributed by atoms with Gasteiger partial charge in [-0.15, -0.1) is 0 Å². The summed E-state index contributed by atoms with van der Waals surface area (Å²) in [6, 6.07) is 12.9. The van der Waals surface area contributed by atoms with E-state index in [-0.39, 0.29) is 28.9 Å². The molecule has 0 radical (unpaired) electrons. The zero-order chi connectivity index (χ0) is 19.7. The van der Waals surface area contributed by atoms with E-state index in [4.69, 9.17) is 10.5 Å². The van der Waals surface area contributed by atoms with Gasteiger partial charge in [0.25, 0.3) is 0 Å². The lowest BCUT2D eigenvalue weighted by atomic mass is 10.2. The Balaban J connectivity index is 1.44. The molecule has 1 aromatic heterocycles. The van der Waals surface area contributed by atoms with Crippen molar-refractivity contribution >= 4 is 32.7 Å². The molecule has 0 unspecified atom stereocenters. The number of nitrogen functional groups attached to an aromatic ring is 1. The van der Waals surface area contributed by atoms with Crippen molar-refractivity contribution in [3.63, 3.8) is 0 Å². The number of sulfonamides is 1. The van der Waals surface area contributed by atoms with Gasteiger partial charge >= 0.3 is 5.97 Å². The van der Waals surface area contributed by atoms with Crippen molar-refractivity contribution in [3.05, 3.63) is 59.9 Å². The Morgan fingerprint density at radius 3 is 2.54 bits per heavy atom. The summed E-state index contributed by atoms with van der Waals surface area (Å²) in [7, 11) is -3.56. The molecule has 144 valence electrons. The van der Waals surface area contributed by atoms with Crippen LogP contribution in [0, 0.1) is 0 Å². The Morgan fingerprint density at radius 2 is 1.82 bits per heavy atom. The highest BCUT2D eigenvalue weighted by atomic mass is 32.2. The summed E-state index contributed by atoms with van der Waals surface area (Å²) in [5.74, 6) is 0.00110. The first kappa shape index (κ1) is 18.3. The molecule has 0 bridgehead atoms. The number of aromatic nitrogens is 2. The Bertz CT molecular complexity index is 1140. The van der Waals surface area contributed by atoms with Gasteiger partial charge in [0.05, 0.1) is 16.0 Å². The van der Waals surface area contributed by atoms with Crippen LogP contribution in [0.3, 0.4) is 0 Å². The number of para-hydroxylation sites is 1. The monoisotopic (exact) mass is 398 g/mol. The van der Waals surface area contributed by atoms with E-state index in [1.807, 2.05) is 18.2 Å². The number of ether oxygens (including phenoxy) is 1. The van der Waals surface area contributed by atoms with E-state index in [9.17, 15) is 13.2 Å². The molecule has 0 spiro atoms. The lowest BCUT2D eigenvalue weighted by Crippen LogP contribution is -2.25. The van der Waals surface area contributed by atoms with Gasteiger partial charge in [0, 0.05) is 11.4 Å². The Morgan fingerprint density at radius 1 is 1.11 bits per heavy atom. The maximum Gasteiger partial charge on any atom is 0.338 e. The number of carbonyl (C=O) groups is 1. The minimum Gasteiger partial charge on any atom is -0.454 e. The molecule has 0 aliphatic heterocycles. The second-order valence-electron chi connectivity index (χ2n) is 6.54. The first-order valence-corrected chi connectivity index (χ1v) is 10.2. The molecule has 4 rings (SSSR count). The largest absolute Gasteiger partial charge is 0.454 e.